The number of carbonyl (C=O) groups is 2. The maximum Gasteiger partial charge on any atom is 0.324 e. The lowest BCUT2D eigenvalue weighted by Crippen LogP contribution is -2.47. The summed E-state index contributed by atoms with van der Waals surface area (Å²) in [5.41, 5.74) is 6.05. The molecule has 0 saturated carbocycles. The Kier molecular flexibility index (Phi) is 7.19. The van der Waals surface area contributed by atoms with E-state index in [1.807, 2.05) is 30.3 Å². The van der Waals surface area contributed by atoms with E-state index in [2.05, 4.69) is 0 Å². The van der Waals surface area contributed by atoms with Crippen molar-refractivity contribution in [2.45, 2.75) is 39.0 Å². The summed E-state index contributed by atoms with van der Waals surface area (Å²) in [5, 5.41) is 0. The van der Waals surface area contributed by atoms with E-state index in [-0.39, 0.29) is 13.2 Å². The first kappa shape index (κ1) is 19.1. The molecule has 6 nitrogen and oxygen atoms in total. The number of carbonyl (C=O) groups excluding carboxylic acids is 2. The van der Waals surface area contributed by atoms with E-state index in [4.69, 9.17) is 19.9 Å². The summed E-state index contributed by atoms with van der Waals surface area (Å²) in [4.78, 5) is 24.3. The van der Waals surface area contributed by atoms with Crippen LogP contribution in [0.2, 0.25) is 0 Å². The quantitative estimate of drug-likeness (QED) is 0.768. The van der Waals surface area contributed by atoms with Crippen LogP contribution in [0.4, 0.5) is 0 Å². The molecule has 0 aromatic heterocycles. The molecule has 1 unspecified atom stereocenters. The van der Waals surface area contributed by atoms with Gasteiger partial charge in [0.2, 0.25) is 0 Å². The summed E-state index contributed by atoms with van der Waals surface area (Å²) in [5.74, 6) is -2.16. The van der Waals surface area contributed by atoms with E-state index in [0.717, 1.165) is 5.56 Å². The van der Waals surface area contributed by atoms with Crippen molar-refractivity contribution in [1.82, 2.24) is 0 Å². The van der Waals surface area contributed by atoms with E-state index >= 15 is 0 Å². The van der Waals surface area contributed by atoms with Crippen molar-refractivity contribution in [2.75, 3.05) is 13.7 Å². The molecule has 0 spiro atoms. The van der Waals surface area contributed by atoms with Crippen LogP contribution in [0.25, 0.3) is 0 Å². The van der Waals surface area contributed by atoms with E-state index < -0.39 is 29.5 Å². The van der Waals surface area contributed by atoms with Crippen LogP contribution in [0.15, 0.2) is 30.3 Å². The molecule has 0 aliphatic heterocycles. The molecule has 1 rings (SSSR count). The molecule has 0 saturated heterocycles. The van der Waals surface area contributed by atoms with E-state index in [0.29, 0.717) is 0 Å². The fraction of sp³-hybridized carbons (Fsp3) is 0.529. The van der Waals surface area contributed by atoms with Crippen LogP contribution in [0.5, 0.6) is 0 Å². The lowest BCUT2D eigenvalue weighted by atomic mass is 10.0. The van der Waals surface area contributed by atoms with Gasteiger partial charge in [0.15, 0.2) is 0 Å². The third-order valence-corrected chi connectivity index (χ3v) is 2.99. The maximum atomic E-state index is 12.2. The molecule has 0 fully saturated rings. The van der Waals surface area contributed by atoms with Crippen molar-refractivity contribution in [2.24, 2.45) is 11.7 Å². The Balaban J connectivity index is 2.66. The lowest BCUT2D eigenvalue weighted by molar-refractivity contribution is -0.167. The molecular weight excluding hydrogens is 298 g/mol. The largest absolute Gasteiger partial charge is 0.460 e. The minimum absolute atomic E-state index is 0.0173. The normalized spacial score (nSPS) is 14.0. The van der Waals surface area contributed by atoms with Gasteiger partial charge in [-0.1, -0.05) is 30.3 Å². The smallest absolute Gasteiger partial charge is 0.324 e. The molecule has 1 aromatic carbocycles. The monoisotopic (exact) mass is 323 g/mol. The zero-order valence-electron chi connectivity index (χ0n) is 14.1. The summed E-state index contributed by atoms with van der Waals surface area (Å²) < 4.78 is 15.4. The molecule has 2 N–H and O–H groups in total. The van der Waals surface area contributed by atoms with Gasteiger partial charge in [-0.25, -0.2) is 0 Å². The second-order valence-corrected chi connectivity index (χ2v) is 6.21. The molecular formula is C17H25NO5. The van der Waals surface area contributed by atoms with Crippen molar-refractivity contribution < 1.29 is 23.8 Å². The second kappa shape index (κ2) is 8.64. The number of hydrogen-bond acceptors (Lipinski definition) is 6. The van der Waals surface area contributed by atoms with E-state index in [9.17, 15) is 9.59 Å². The minimum Gasteiger partial charge on any atom is -0.460 e. The molecule has 128 valence electrons. The molecule has 1 aromatic rings. The van der Waals surface area contributed by atoms with Crippen LogP contribution in [0.1, 0.15) is 26.3 Å². The third kappa shape index (κ3) is 6.80. The van der Waals surface area contributed by atoms with Crippen LogP contribution in [0, 0.1) is 5.92 Å². The van der Waals surface area contributed by atoms with Crippen molar-refractivity contribution in [3.05, 3.63) is 35.9 Å². The molecule has 0 aliphatic carbocycles. The van der Waals surface area contributed by atoms with Crippen LogP contribution < -0.4 is 5.73 Å². The van der Waals surface area contributed by atoms with Gasteiger partial charge in [0.25, 0.3) is 0 Å². The molecule has 2 atom stereocenters. The molecule has 0 radical (unpaired) electrons. The topological polar surface area (TPSA) is 87.9 Å². The van der Waals surface area contributed by atoms with Gasteiger partial charge < -0.3 is 19.9 Å². The van der Waals surface area contributed by atoms with Gasteiger partial charge in [-0.15, -0.1) is 0 Å². The lowest BCUT2D eigenvalue weighted by Gasteiger charge is -2.26. The number of rotatable bonds is 7. The zero-order chi connectivity index (χ0) is 17.5. The Hall–Kier alpha value is -1.92. The van der Waals surface area contributed by atoms with Gasteiger partial charge in [0.05, 0.1) is 6.61 Å². The number of hydrogen-bond donors (Lipinski definition) is 1. The summed E-state index contributed by atoms with van der Waals surface area (Å²) in [6.45, 7) is 5.31. The molecule has 0 bridgehead atoms. The minimum atomic E-state index is -1.14. The Bertz CT molecular complexity index is 509. The van der Waals surface area contributed by atoms with Crippen molar-refractivity contribution in [1.29, 1.82) is 0 Å². The number of benzene rings is 1. The first-order valence-electron chi connectivity index (χ1n) is 7.42. The highest BCUT2D eigenvalue weighted by atomic mass is 16.6. The van der Waals surface area contributed by atoms with Crippen LogP contribution in [0.3, 0.4) is 0 Å². The van der Waals surface area contributed by atoms with Crippen molar-refractivity contribution in [3.63, 3.8) is 0 Å². The highest BCUT2D eigenvalue weighted by Gasteiger charge is 2.35. The number of nitrogens with two attached hydrogens (primary N) is 1. The molecule has 23 heavy (non-hydrogen) atoms. The van der Waals surface area contributed by atoms with Crippen molar-refractivity contribution >= 4 is 11.9 Å². The van der Waals surface area contributed by atoms with Gasteiger partial charge >= 0.3 is 11.9 Å². The Morgan fingerprint density at radius 2 is 1.74 bits per heavy atom. The summed E-state index contributed by atoms with van der Waals surface area (Å²) >= 11 is 0. The number of methoxy groups -OCH3 is 1. The number of ether oxygens (including phenoxy) is 3. The average molecular weight is 323 g/mol. The number of esters is 2. The summed E-state index contributed by atoms with van der Waals surface area (Å²) in [6.07, 6.45) is 0. The predicted molar refractivity (Wildman–Crippen MR) is 85.4 cm³/mol. The molecule has 0 aliphatic rings. The highest BCUT2D eigenvalue weighted by molar-refractivity contribution is 5.84. The first-order chi connectivity index (χ1) is 10.7. The van der Waals surface area contributed by atoms with Gasteiger partial charge in [-0.3, -0.25) is 9.59 Å². The highest BCUT2D eigenvalue weighted by Crippen LogP contribution is 2.15. The van der Waals surface area contributed by atoms with Gasteiger partial charge in [0.1, 0.15) is 24.2 Å². The van der Waals surface area contributed by atoms with Gasteiger partial charge in [-0.2, -0.15) is 0 Å². The van der Waals surface area contributed by atoms with Crippen molar-refractivity contribution in [3.8, 4) is 0 Å². The molecule has 0 amide bonds. The maximum absolute atomic E-state index is 12.2. The van der Waals surface area contributed by atoms with E-state index in [1.54, 1.807) is 20.8 Å². The predicted octanol–water partition coefficient (Wildman–Crippen LogP) is 1.66. The molecule has 6 heteroatoms. The fourth-order valence-corrected chi connectivity index (χ4v) is 1.86. The fourth-order valence-electron chi connectivity index (χ4n) is 1.86. The van der Waals surface area contributed by atoms with Gasteiger partial charge in [-0.05, 0) is 26.3 Å². The van der Waals surface area contributed by atoms with Crippen LogP contribution in [-0.4, -0.2) is 37.3 Å². The third-order valence-electron chi connectivity index (χ3n) is 2.99. The van der Waals surface area contributed by atoms with E-state index in [1.165, 1.54) is 7.11 Å². The Labute approximate surface area is 136 Å². The Morgan fingerprint density at radius 1 is 1.13 bits per heavy atom. The SMILES string of the molecule is COCC(C(=O)OC(C)(C)C)[C@H](N)C(=O)OCc1ccccc1. The van der Waals surface area contributed by atoms with Gasteiger partial charge in [0, 0.05) is 7.11 Å². The van der Waals surface area contributed by atoms with Crippen LogP contribution in [-0.2, 0) is 30.4 Å². The average Bonchev–Trinajstić information content (AvgIpc) is 2.48. The summed E-state index contributed by atoms with van der Waals surface area (Å²) in [7, 11) is 1.43. The standard InChI is InChI=1S/C17H25NO5/c1-17(2,3)23-15(19)13(11-21-4)14(18)16(20)22-10-12-8-6-5-7-9-12/h5-9,13-14H,10-11,18H2,1-4H3/t13?,14-/m0/s1. The Morgan fingerprint density at radius 3 is 2.26 bits per heavy atom. The van der Waals surface area contributed by atoms with Crippen LogP contribution >= 0.6 is 0 Å². The zero-order valence-corrected chi connectivity index (χ0v) is 14.1. The first-order valence-corrected chi connectivity index (χ1v) is 7.42. The second-order valence-electron chi connectivity index (χ2n) is 6.21. The molecule has 0 heterocycles. The summed E-state index contributed by atoms with van der Waals surface area (Å²) in [6, 6.07) is 8.08.